The molecule has 1 aromatic rings. The Hall–Kier alpha value is -1.23. The van der Waals surface area contributed by atoms with Gasteiger partial charge in [0.1, 0.15) is 12.2 Å². The largest absolute Gasteiger partial charge is 0.287 e. The van der Waals surface area contributed by atoms with Gasteiger partial charge in [0, 0.05) is 14.1 Å². The molecule has 5 nitrogen and oxygen atoms in total. The molecule has 0 bridgehead atoms. The number of aryl methyl sites for hydroxylation is 1. The predicted molar refractivity (Wildman–Crippen MR) is 41.9 cm³/mol. The zero-order valence-electron chi connectivity index (χ0n) is 6.87. The van der Waals surface area contributed by atoms with Crippen LogP contribution in [-0.4, -0.2) is 34.1 Å². The molecule has 1 N–H and O–H groups in total. The van der Waals surface area contributed by atoms with Gasteiger partial charge in [0.15, 0.2) is 0 Å². The number of rotatable bonds is 2. The van der Waals surface area contributed by atoms with E-state index in [0.717, 1.165) is 0 Å². The van der Waals surface area contributed by atoms with Gasteiger partial charge in [-0.2, -0.15) is 4.98 Å². The van der Waals surface area contributed by atoms with E-state index < -0.39 is 0 Å². The molecule has 0 saturated carbocycles. The third-order valence-corrected chi connectivity index (χ3v) is 1.02. The summed E-state index contributed by atoms with van der Waals surface area (Å²) < 4.78 is 0. The van der Waals surface area contributed by atoms with E-state index >= 15 is 0 Å². The Morgan fingerprint density at radius 1 is 1.36 bits per heavy atom. The highest BCUT2D eigenvalue weighted by Gasteiger charge is 1.95. The van der Waals surface area contributed by atoms with E-state index in [1.807, 2.05) is 21.0 Å². The van der Waals surface area contributed by atoms with Crippen molar-refractivity contribution in [2.24, 2.45) is 0 Å². The molecule has 1 aromatic heterocycles. The fraction of sp³-hybridized carbons (Fsp3) is 0.500. The van der Waals surface area contributed by atoms with Crippen LogP contribution in [0.5, 0.6) is 0 Å². The summed E-state index contributed by atoms with van der Waals surface area (Å²) in [6, 6.07) is 0. The molecule has 5 heteroatoms. The molecule has 0 unspecified atom stereocenters. The van der Waals surface area contributed by atoms with Crippen LogP contribution in [-0.2, 0) is 0 Å². The topological polar surface area (TPSA) is 53.9 Å². The van der Waals surface area contributed by atoms with Gasteiger partial charge in [-0.1, -0.05) is 0 Å². The molecule has 0 saturated heterocycles. The van der Waals surface area contributed by atoms with Crippen LogP contribution >= 0.6 is 0 Å². The minimum absolute atomic E-state index is 0.572. The van der Waals surface area contributed by atoms with E-state index in [9.17, 15) is 0 Å². The maximum Gasteiger partial charge on any atom is 0.240 e. The molecular formula is C6H11N5. The maximum atomic E-state index is 4.04. The van der Waals surface area contributed by atoms with Gasteiger partial charge in [-0.15, -0.1) is 0 Å². The highest BCUT2D eigenvalue weighted by molar-refractivity contribution is 5.19. The number of hydrazine groups is 1. The third kappa shape index (κ3) is 2.46. The van der Waals surface area contributed by atoms with Crippen LogP contribution in [0, 0.1) is 6.92 Å². The van der Waals surface area contributed by atoms with Crippen LogP contribution in [0.2, 0.25) is 0 Å². The molecule has 60 valence electrons. The quantitative estimate of drug-likeness (QED) is 0.609. The van der Waals surface area contributed by atoms with Crippen molar-refractivity contribution in [2.75, 3.05) is 19.5 Å². The molecule has 0 radical (unpaired) electrons. The number of aromatic nitrogens is 3. The molecule has 0 atom stereocenters. The van der Waals surface area contributed by atoms with Crippen LogP contribution in [0.25, 0.3) is 0 Å². The number of hydrogen-bond acceptors (Lipinski definition) is 5. The summed E-state index contributed by atoms with van der Waals surface area (Å²) >= 11 is 0. The van der Waals surface area contributed by atoms with Crippen molar-refractivity contribution in [3.05, 3.63) is 12.2 Å². The van der Waals surface area contributed by atoms with Crippen molar-refractivity contribution in [3.8, 4) is 0 Å². The van der Waals surface area contributed by atoms with Crippen LogP contribution in [0.1, 0.15) is 5.82 Å². The summed E-state index contributed by atoms with van der Waals surface area (Å²) in [4.78, 5) is 11.8. The van der Waals surface area contributed by atoms with Gasteiger partial charge in [0.05, 0.1) is 0 Å². The third-order valence-electron chi connectivity index (χ3n) is 1.02. The van der Waals surface area contributed by atoms with Crippen molar-refractivity contribution in [2.45, 2.75) is 6.92 Å². The standard InChI is InChI=1S/C6H11N5/c1-5-7-4-8-6(9-5)10-11(2)3/h4H,1-3H3,(H,7,8,9,10). The van der Waals surface area contributed by atoms with Crippen LogP contribution < -0.4 is 5.43 Å². The van der Waals surface area contributed by atoms with Gasteiger partial charge < -0.3 is 0 Å². The molecule has 0 fully saturated rings. The molecule has 0 amide bonds. The van der Waals surface area contributed by atoms with Crippen LogP contribution in [0.4, 0.5) is 5.95 Å². The molecular weight excluding hydrogens is 142 g/mol. The molecule has 11 heavy (non-hydrogen) atoms. The molecule has 0 spiro atoms. The van der Waals surface area contributed by atoms with Crippen LogP contribution in [0.3, 0.4) is 0 Å². The summed E-state index contributed by atoms with van der Waals surface area (Å²) in [6.07, 6.45) is 1.48. The molecule has 1 heterocycles. The first-order chi connectivity index (χ1) is 5.18. The Morgan fingerprint density at radius 2 is 2.09 bits per heavy atom. The van der Waals surface area contributed by atoms with E-state index in [1.54, 1.807) is 5.01 Å². The van der Waals surface area contributed by atoms with Crippen molar-refractivity contribution < 1.29 is 0 Å². The molecule has 1 rings (SSSR count). The minimum Gasteiger partial charge on any atom is -0.287 e. The number of hydrogen-bond donors (Lipinski definition) is 1. The van der Waals surface area contributed by atoms with Crippen molar-refractivity contribution >= 4 is 5.95 Å². The van der Waals surface area contributed by atoms with E-state index in [-0.39, 0.29) is 0 Å². The second-order valence-electron chi connectivity index (χ2n) is 2.36. The molecule has 0 aliphatic carbocycles. The first-order valence-electron chi connectivity index (χ1n) is 3.28. The predicted octanol–water partition coefficient (Wildman–Crippen LogP) is 0.0685. The zero-order valence-corrected chi connectivity index (χ0v) is 6.87. The molecule has 0 aliphatic heterocycles. The Bertz CT molecular complexity index is 234. The average Bonchev–Trinajstić information content (AvgIpc) is 1.85. The Balaban J connectivity index is 2.71. The van der Waals surface area contributed by atoms with E-state index in [2.05, 4.69) is 20.4 Å². The van der Waals surface area contributed by atoms with Gasteiger partial charge in [-0.05, 0) is 6.92 Å². The van der Waals surface area contributed by atoms with E-state index in [4.69, 9.17) is 0 Å². The lowest BCUT2D eigenvalue weighted by molar-refractivity contribution is 0.488. The highest BCUT2D eigenvalue weighted by Crippen LogP contribution is 1.94. The summed E-state index contributed by atoms with van der Waals surface area (Å²) in [5.41, 5.74) is 2.92. The zero-order chi connectivity index (χ0) is 8.27. The summed E-state index contributed by atoms with van der Waals surface area (Å²) in [6.45, 7) is 1.82. The SMILES string of the molecule is Cc1ncnc(NN(C)C)n1. The number of nitrogens with one attached hydrogen (secondary N) is 1. The normalized spacial score (nSPS) is 10.2. The lowest BCUT2D eigenvalue weighted by Crippen LogP contribution is -2.21. The lowest BCUT2D eigenvalue weighted by Gasteiger charge is -2.10. The Kier molecular flexibility index (Phi) is 2.32. The van der Waals surface area contributed by atoms with Gasteiger partial charge in [-0.3, -0.25) is 5.43 Å². The van der Waals surface area contributed by atoms with Crippen molar-refractivity contribution in [3.63, 3.8) is 0 Å². The number of nitrogens with zero attached hydrogens (tertiary/aromatic N) is 4. The Morgan fingerprint density at radius 3 is 2.64 bits per heavy atom. The van der Waals surface area contributed by atoms with Gasteiger partial charge in [0.25, 0.3) is 0 Å². The van der Waals surface area contributed by atoms with Gasteiger partial charge in [0.2, 0.25) is 5.95 Å². The van der Waals surface area contributed by atoms with Crippen molar-refractivity contribution in [1.82, 2.24) is 20.0 Å². The second kappa shape index (κ2) is 3.25. The summed E-state index contributed by atoms with van der Waals surface area (Å²) in [5, 5.41) is 1.77. The van der Waals surface area contributed by atoms with Gasteiger partial charge >= 0.3 is 0 Å². The van der Waals surface area contributed by atoms with Crippen LogP contribution in [0.15, 0.2) is 6.33 Å². The van der Waals surface area contributed by atoms with Gasteiger partial charge in [-0.25, -0.2) is 15.0 Å². The fourth-order valence-electron chi connectivity index (χ4n) is 0.632. The second-order valence-corrected chi connectivity index (χ2v) is 2.36. The molecule has 0 aromatic carbocycles. The van der Waals surface area contributed by atoms with E-state index in [1.165, 1.54) is 6.33 Å². The first kappa shape index (κ1) is 7.87. The number of anilines is 1. The summed E-state index contributed by atoms with van der Waals surface area (Å²) in [7, 11) is 3.75. The lowest BCUT2D eigenvalue weighted by atomic mass is 10.7. The molecule has 0 aliphatic rings. The smallest absolute Gasteiger partial charge is 0.240 e. The Labute approximate surface area is 65.5 Å². The first-order valence-corrected chi connectivity index (χ1v) is 3.28. The maximum absolute atomic E-state index is 4.04. The van der Waals surface area contributed by atoms with E-state index in [0.29, 0.717) is 11.8 Å². The minimum atomic E-state index is 0.572. The average molecular weight is 153 g/mol. The fourth-order valence-corrected chi connectivity index (χ4v) is 0.632. The van der Waals surface area contributed by atoms with Crippen molar-refractivity contribution in [1.29, 1.82) is 0 Å². The summed E-state index contributed by atoms with van der Waals surface area (Å²) in [5.74, 6) is 1.28. The monoisotopic (exact) mass is 153 g/mol. The highest BCUT2D eigenvalue weighted by atomic mass is 15.5.